The molecular weight excluding hydrogens is 234 g/mol. The Morgan fingerprint density at radius 2 is 2.12 bits per heavy atom. The van der Waals surface area contributed by atoms with Crippen LogP contribution in [0.25, 0.3) is 0 Å². The smallest absolute Gasteiger partial charge is 0.226 e. The maximum absolute atomic E-state index is 11.6. The van der Waals surface area contributed by atoms with E-state index in [1.165, 1.54) is 11.5 Å². The predicted molar refractivity (Wildman–Crippen MR) is 68.0 cm³/mol. The summed E-state index contributed by atoms with van der Waals surface area (Å²) in [7, 11) is 0. The highest BCUT2D eigenvalue weighted by molar-refractivity contribution is 7.09. The zero-order valence-electron chi connectivity index (χ0n) is 9.51. The third kappa shape index (κ3) is 3.64. The van der Waals surface area contributed by atoms with Crippen molar-refractivity contribution in [3.05, 3.63) is 41.7 Å². The predicted octanol–water partition coefficient (Wildman–Crippen LogP) is 2.42. The average Bonchev–Trinajstić information content (AvgIpc) is 2.73. The molecule has 0 aliphatic carbocycles. The summed E-state index contributed by atoms with van der Waals surface area (Å²) < 4.78 is 4.00. The monoisotopic (exact) mass is 247 g/mol. The molecule has 0 fully saturated rings. The van der Waals surface area contributed by atoms with Crippen LogP contribution in [0.1, 0.15) is 17.8 Å². The molecule has 0 spiro atoms. The first-order valence-electron chi connectivity index (χ1n) is 5.38. The molecule has 0 aliphatic rings. The van der Waals surface area contributed by atoms with Gasteiger partial charge in [0.05, 0.1) is 0 Å². The Kier molecular flexibility index (Phi) is 3.82. The number of amides is 1. The minimum absolute atomic E-state index is 0.0231. The van der Waals surface area contributed by atoms with Crippen molar-refractivity contribution in [3.8, 4) is 0 Å². The quantitative estimate of drug-likeness (QED) is 0.902. The van der Waals surface area contributed by atoms with Crippen LogP contribution in [0.15, 0.2) is 30.3 Å². The number of anilines is 1. The fraction of sp³-hybridized carbons (Fsp3) is 0.250. The van der Waals surface area contributed by atoms with Crippen molar-refractivity contribution in [1.29, 1.82) is 0 Å². The Labute approximate surface area is 104 Å². The van der Waals surface area contributed by atoms with Gasteiger partial charge in [0.2, 0.25) is 11.0 Å². The van der Waals surface area contributed by atoms with E-state index in [4.69, 9.17) is 0 Å². The first kappa shape index (κ1) is 11.7. The number of hydrogen-bond acceptors (Lipinski definition) is 4. The molecule has 0 aliphatic heterocycles. The molecule has 0 radical (unpaired) electrons. The van der Waals surface area contributed by atoms with E-state index in [1.807, 2.05) is 30.3 Å². The molecule has 0 bridgehead atoms. The molecule has 0 saturated carbocycles. The standard InChI is InChI=1S/C12H13N3OS/c1-9-13-12(17-15-9)14-11(16)8-7-10-5-3-2-4-6-10/h2-6H,7-8H2,1H3,(H,13,14,15,16). The summed E-state index contributed by atoms with van der Waals surface area (Å²) in [5.74, 6) is 0.665. The van der Waals surface area contributed by atoms with E-state index >= 15 is 0 Å². The van der Waals surface area contributed by atoms with Gasteiger partial charge in [0, 0.05) is 18.0 Å². The van der Waals surface area contributed by atoms with Crippen LogP contribution >= 0.6 is 11.5 Å². The summed E-state index contributed by atoms with van der Waals surface area (Å²) in [4.78, 5) is 15.7. The van der Waals surface area contributed by atoms with Crippen LogP contribution in [0.5, 0.6) is 0 Å². The second kappa shape index (κ2) is 5.54. The lowest BCUT2D eigenvalue weighted by Crippen LogP contribution is -2.12. The van der Waals surface area contributed by atoms with Crippen molar-refractivity contribution in [2.24, 2.45) is 0 Å². The SMILES string of the molecule is Cc1nsc(NC(=O)CCc2ccccc2)n1. The van der Waals surface area contributed by atoms with Gasteiger partial charge in [-0.2, -0.15) is 4.37 Å². The minimum Gasteiger partial charge on any atom is -0.301 e. The molecule has 2 rings (SSSR count). The van der Waals surface area contributed by atoms with Gasteiger partial charge in [0.1, 0.15) is 5.82 Å². The number of nitrogens with one attached hydrogen (secondary N) is 1. The average molecular weight is 247 g/mol. The molecule has 2 aromatic rings. The number of rotatable bonds is 4. The van der Waals surface area contributed by atoms with Gasteiger partial charge < -0.3 is 5.32 Å². The molecule has 17 heavy (non-hydrogen) atoms. The van der Waals surface area contributed by atoms with E-state index in [9.17, 15) is 4.79 Å². The van der Waals surface area contributed by atoms with E-state index < -0.39 is 0 Å². The summed E-state index contributed by atoms with van der Waals surface area (Å²) in [6, 6.07) is 9.95. The van der Waals surface area contributed by atoms with E-state index in [1.54, 1.807) is 6.92 Å². The molecule has 1 N–H and O–H groups in total. The largest absolute Gasteiger partial charge is 0.301 e. The van der Waals surface area contributed by atoms with E-state index in [0.29, 0.717) is 17.4 Å². The topological polar surface area (TPSA) is 54.9 Å². The second-order valence-electron chi connectivity index (χ2n) is 3.68. The molecule has 1 heterocycles. The van der Waals surface area contributed by atoms with Gasteiger partial charge >= 0.3 is 0 Å². The Bertz CT molecular complexity index is 495. The van der Waals surface area contributed by atoms with Crippen LogP contribution in [0.3, 0.4) is 0 Å². The molecular formula is C12H13N3OS. The molecule has 4 nitrogen and oxygen atoms in total. The number of aryl methyl sites for hydroxylation is 2. The number of carbonyl (C=O) groups excluding carboxylic acids is 1. The number of carbonyl (C=O) groups is 1. The Hall–Kier alpha value is -1.75. The lowest BCUT2D eigenvalue weighted by atomic mass is 10.1. The van der Waals surface area contributed by atoms with Gasteiger partial charge in [-0.15, -0.1) is 0 Å². The van der Waals surface area contributed by atoms with Crippen molar-refractivity contribution >= 4 is 22.6 Å². The highest BCUT2D eigenvalue weighted by Crippen LogP contribution is 2.11. The zero-order chi connectivity index (χ0) is 12.1. The van der Waals surface area contributed by atoms with Crippen LogP contribution in [0, 0.1) is 6.92 Å². The van der Waals surface area contributed by atoms with E-state index in [0.717, 1.165) is 12.0 Å². The number of nitrogens with zero attached hydrogens (tertiary/aromatic N) is 2. The third-order valence-electron chi connectivity index (χ3n) is 2.26. The summed E-state index contributed by atoms with van der Waals surface area (Å²) in [6.07, 6.45) is 1.20. The zero-order valence-corrected chi connectivity index (χ0v) is 10.3. The molecule has 5 heteroatoms. The van der Waals surface area contributed by atoms with Gasteiger partial charge in [-0.25, -0.2) is 4.98 Å². The van der Waals surface area contributed by atoms with Gasteiger partial charge in [0.15, 0.2) is 0 Å². The second-order valence-corrected chi connectivity index (χ2v) is 4.43. The minimum atomic E-state index is -0.0231. The maximum Gasteiger partial charge on any atom is 0.226 e. The molecule has 1 amide bonds. The molecule has 0 saturated heterocycles. The highest BCUT2D eigenvalue weighted by atomic mass is 32.1. The number of hydrogen-bond donors (Lipinski definition) is 1. The lowest BCUT2D eigenvalue weighted by Gasteiger charge is -2.01. The van der Waals surface area contributed by atoms with Crippen molar-refractivity contribution in [2.45, 2.75) is 19.8 Å². The fourth-order valence-electron chi connectivity index (χ4n) is 1.43. The first-order chi connectivity index (χ1) is 8.24. The maximum atomic E-state index is 11.6. The summed E-state index contributed by atoms with van der Waals surface area (Å²) in [5.41, 5.74) is 1.16. The van der Waals surface area contributed by atoms with Crippen molar-refractivity contribution in [2.75, 3.05) is 5.32 Å². The lowest BCUT2D eigenvalue weighted by molar-refractivity contribution is -0.116. The van der Waals surface area contributed by atoms with Crippen molar-refractivity contribution in [1.82, 2.24) is 9.36 Å². The number of benzene rings is 1. The van der Waals surface area contributed by atoms with Gasteiger partial charge in [0.25, 0.3) is 0 Å². The first-order valence-corrected chi connectivity index (χ1v) is 6.15. The Morgan fingerprint density at radius 3 is 2.76 bits per heavy atom. The van der Waals surface area contributed by atoms with Gasteiger partial charge in [-0.1, -0.05) is 30.3 Å². The summed E-state index contributed by atoms with van der Waals surface area (Å²) in [5, 5.41) is 3.31. The van der Waals surface area contributed by atoms with Gasteiger partial charge in [-0.3, -0.25) is 4.79 Å². The summed E-state index contributed by atoms with van der Waals surface area (Å²) >= 11 is 1.21. The van der Waals surface area contributed by atoms with Crippen molar-refractivity contribution < 1.29 is 4.79 Å². The van der Waals surface area contributed by atoms with Crippen LogP contribution in [-0.2, 0) is 11.2 Å². The molecule has 1 aromatic carbocycles. The molecule has 0 atom stereocenters. The van der Waals surface area contributed by atoms with E-state index in [-0.39, 0.29) is 5.91 Å². The van der Waals surface area contributed by atoms with Gasteiger partial charge in [-0.05, 0) is 18.9 Å². The Balaban J connectivity index is 1.82. The van der Waals surface area contributed by atoms with Crippen LogP contribution in [-0.4, -0.2) is 15.3 Å². The fourth-order valence-corrected chi connectivity index (χ4v) is 2.02. The van der Waals surface area contributed by atoms with Crippen molar-refractivity contribution in [3.63, 3.8) is 0 Å². The number of aromatic nitrogens is 2. The molecule has 88 valence electrons. The molecule has 0 unspecified atom stereocenters. The summed E-state index contributed by atoms with van der Waals surface area (Å²) in [6.45, 7) is 1.80. The third-order valence-corrected chi connectivity index (χ3v) is 2.98. The highest BCUT2D eigenvalue weighted by Gasteiger charge is 2.06. The molecule has 1 aromatic heterocycles. The van der Waals surface area contributed by atoms with Crippen LogP contribution in [0.4, 0.5) is 5.13 Å². The van der Waals surface area contributed by atoms with E-state index in [2.05, 4.69) is 14.7 Å². The van der Waals surface area contributed by atoms with Crippen LogP contribution in [0.2, 0.25) is 0 Å². The Morgan fingerprint density at radius 1 is 1.35 bits per heavy atom. The normalized spacial score (nSPS) is 10.2. The van der Waals surface area contributed by atoms with Crippen LogP contribution < -0.4 is 5.32 Å².